The predicted octanol–water partition coefficient (Wildman–Crippen LogP) is 3.13. The van der Waals surface area contributed by atoms with Gasteiger partial charge in [-0.15, -0.1) is 22.7 Å². The van der Waals surface area contributed by atoms with Crippen molar-refractivity contribution in [1.29, 1.82) is 0 Å². The van der Waals surface area contributed by atoms with Gasteiger partial charge in [-0.25, -0.2) is 4.98 Å². The van der Waals surface area contributed by atoms with Gasteiger partial charge in [0.1, 0.15) is 0 Å². The summed E-state index contributed by atoms with van der Waals surface area (Å²) in [6, 6.07) is 3.86. The van der Waals surface area contributed by atoms with Crippen LogP contribution in [0.2, 0.25) is 0 Å². The van der Waals surface area contributed by atoms with Gasteiger partial charge in [0.15, 0.2) is 5.13 Å². The molecule has 8 heteroatoms. The van der Waals surface area contributed by atoms with Gasteiger partial charge in [0.25, 0.3) is 0 Å². The van der Waals surface area contributed by atoms with Gasteiger partial charge >= 0.3 is 0 Å². The fourth-order valence-corrected chi connectivity index (χ4v) is 3.01. The van der Waals surface area contributed by atoms with Gasteiger partial charge in [0, 0.05) is 23.9 Å². The van der Waals surface area contributed by atoms with Gasteiger partial charge < -0.3 is 9.84 Å². The molecule has 0 aliphatic rings. The molecule has 0 aromatic carbocycles. The first-order chi connectivity index (χ1) is 10.2. The highest BCUT2D eigenvalue weighted by Gasteiger charge is 2.12. The van der Waals surface area contributed by atoms with Gasteiger partial charge in [-0.1, -0.05) is 11.2 Å². The molecule has 1 N–H and O–H groups in total. The van der Waals surface area contributed by atoms with Crippen LogP contribution in [0, 0.1) is 6.92 Å². The molecule has 3 aromatic rings. The molecule has 0 bridgehead atoms. The summed E-state index contributed by atoms with van der Waals surface area (Å²) >= 11 is 2.99. The van der Waals surface area contributed by atoms with Gasteiger partial charge in [0.2, 0.25) is 17.6 Å². The normalized spacial score (nSPS) is 10.7. The van der Waals surface area contributed by atoms with Crippen molar-refractivity contribution >= 4 is 33.7 Å². The molecule has 0 fully saturated rings. The van der Waals surface area contributed by atoms with Crippen LogP contribution in [0.25, 0.3) is 10.7 Å². The molecule has 0 saturated heterocycles. The predicted molar refractivity (Wildman–Crippen MR) is 81.4 cm³/mol. The van der Waals surface area contributed by atoms with Crippen LogP contribution < -0.4 is 5.32 Å². The lowest BCUT2D eigenvalue weighted by Crippen LogP contribution is -2.12. The van der Waals surface area contributed by atoms with Gasteiger partial charge in [-0.05, 0) is 18.4 Å². The Morgan fingerprint density at radius 2 is 2.38 bits per heavy atom. The molecule has 0 spiro atoms. The second-order valence-electron chi connectivity index (χ2n) is 4.31. The topological polar surface area (TPSA) is 80.9 Å². The van der Waals surface area contributed by atoms with Crippen LogP contribution >= 0.6 is 22.7 Å². The van der Waals surface area contributed by atoms with Crippen LogP contribution in [-0.4, -0.2) is 21.0 Å². The van der Waals surface area contributed by atoms with E-state index in [-0.39, 0.29) is 12.3 Å². The molecule has 0 aliphatic heterocycles. The summed E-state index contributed by atoms with van der Waals surface area (Å²) in [4.78, 5) is 22.2. The SMILES string of the molecule is Cc1cnc(NC(=O)CCc2nc(-c3cccs3)no2)s1. The highest BCUT2D eigenvalue weighted by molar-refractivity contribution is 7.15. The Kier molecular flexibility index (Phi) is 4.07. The number of aromatic nitrogens is 3. The quantitative estimate of drug-likeness (QED) is 0.781. The fourth-order valence-electron chi connectivity index (χ4n) is 1.68. The number of nitrogens with one attached hydrogen (secondary N) is 1. The van der Waals surface area contributed by atoms with E-state index in [1.807, 2.05) is 24.4 Å². The minimum Gasteiger partial charge on any atom is -0.339 e. The van der Waals surface area contributed by atoms with E-state index in [1.54, 1.807) is 17.5 Å². The number of carbonyl (C=O) groups excluding carboxylic acids is 1. The molecule has 1 amide bonds. The van der Waals surface area contributed by atoms with E-state index >= 15 is 0 Å². The zero-order valence-corrected chi connectivity index (χ0v) is 12.8. The van der Waals surface area contributed by atoms with Crippen LogP contribution in [0.15, 0.2) is 28.2 Å². The molecule has 21 heavy (non-hydrogen) atoms. The Hall–Kier alpha value is -2.06. The lowest BCUT2D eigenvalue weighted by Gasteiger charge is -1.98. The third-order valence-electron chi connectivity index (χ3n) is 2.64. The largest absolute Gasteiger partial charge is 0.339 e. The molecule has 0 unspecified atom stereocenters. The van der Waals surface area contributed by atoms with Crippen LogP contribution in [0.1, 0.15) is 17.2 Å². The van der Waals surface area contributed by atoms with E-state index in [1.165, 1.54) is 11.3 Å². The van der Waals surface area contributed by atoms with E-state index < -0.39 is 0 Å². The number of thiazole rings is 1. The second-order valence-corrected chi connectivity index (χ2v) is 6.50. The maximum atomic E-state index is 11.8. The smallest absolute Gasteiger partial charge is 0.227 e. The maximum Gasteiger partial charge on any atom is 0.227 e. The summed E-state index contributed by atoms with van der Waals surface area (Å²) in [5.74, 6) is 0.917. The van der Waals surface area contributed by atoms with Gasteiger partial charge in [0.05, 0.1) is 4.88 Å². The number of nitrogens with zero attached hydrogens (tertiary/aromatic N) is 3. The second kappa shape index (κ2) is 6.15. The Bertz CT molecular complexity index is 733. The maximum absolute atomic E-state index is 11.8. The monoisotopic (exact) mass is 320 g/mol. The summed E-state index contributed by atoms with van der Waals surface area (Å²) in [6.07, 6.45) is 2.42. The third kappa shape index (κ3) is 3.53. The molecular weight excluding hydrogens is 308 g/mol. The first-order valence-electron chi connectivity index (χ1n) is 6.29. The molecule has 3 rings (SSSR count). The van der Waals surface area contributed by atoms with Crippen LogP contribution in [0.5, 0.6) is 0 Å². The molecule has 0 saturated carbocycles. The average Bonchev–Trinajstić information content (AvgIpc) is 3.17. The van der Waals surface area contributed by atoms with Crippen LogP contribution in [0.3, 0.4) is 0 Å². The molecule has 0 aliphatic carbocycles. The summed E-state index contributed by atoms with van der Waals surface area (Å²) in [7, 11) is 0. The lowest BCUT2D eigenvalue weighted by atomic mass is 10.3. The van der Waals surface area contributed by atoms with Crippen molar-refractivity contribution in [3.8, 4) is 10.7 Å². The third-order valence-corrected chi connectivity index (χ3v) is 4.34. The number of hydrogen-bond donors (Lipinski definition) is 1. The van der Waals surface area contributed by atoms with E-state index in [4.69, 9.17) is 4.52 Å². The highest BCUT2D eigenvalue weighted by Crippen LogP contribution is 2.21. The first-order valence-corrected chi connectivity index (χ1v) is 7.99. The molecule has 6 nitrogen and oxygen atoms in total. The minimum atomic E-state index is -0.111. The summed E-state index contributed by atoms with van der Waals surface area (Å²) in [6.45, 7) is 1.94. The minimum absolute atomic E-state index is 0.111. The lowest BCUT2D eigenvalue weighted by molar-refractivity contribution is -0.116. The molecule has 0 atom stereocenters. The van der Waals surface area contributed by atoms with Gasteiger partial charge in [-0.3, -0.25) is 4.79 Å². The number of thiophene rings is 1. The molecule has 0 radical (unpaired) electrons. The standard InChI is InChI=1S/C13H12N4O2S2/c1-8-7-14-13(21-8)15-10(18)4-5-11-16-12(17-19-11)9-3-2-6-20-9/h2-3,6-7H,4-5H2,1H3,(H,14,15,18). The number of hydrogen-bond acceptors (Lipinski definition) is 7. The number of aryl methyl sites for hydroxylation is 2. The van der Waals surface area contributed by atoms with Crippen LogP contribution in [-0.2, 0) is 11.2 Å². The van der Waals surface area contributed by atoms with Crippen molar-refractivity contribution in [2.75, 3.05) is 5.32 Å². The van der Waals surface area contributed by atoms with Crippen molar-refractivity contribution in [3.05, 3.63) is 34.5 Å². The van der Waals surface area contributed by atoms with Gasteiger partial charge in [-0.2, -0.15) is 4.98 Å². The van der Waals surface area contributed by atoms with Crippen molar-refractivity contribution in [3.63, 3.8) is 0 Å². The Morgan fingerprint density at radius 3 is 3.10 bits per heavy atom. The molecule has 108 valence electrons. The van der Waals surface area contributed by atoms with E-state index in [0.29, 0.717) is 23.3 Å². The summed E-state index contributed by atoms with van der Waals surface area (Å²) < 4.78 is 5.15. The van der Waals surface area contributed by atoms with Crippen molar-refractivity contribution < 1.29 is 9.32 Å². The van der Waals surface area contributed by atoms with E-state index in [9.17, 15) is 4.79 Å². The first kappa shape index (κ1) is 13.9. The molecular formula is C13H12N4O2S2. The zero-order chi connectivity index (χ0) is 14.7. The highest BCUT2D eigenvalue weighted by atomic mass is 32.1. The van der Waals surface area contributed by atoms with E-state index in [2.05, 4.69) is 20.4 Å². The number of amides is 1. The Morgan fingerprint density at radius 1 is 1.48 bits per heavy atom. The molecule has 3 heterocycles. The van der Waals surface area contributed by atoms with Crippen molar-refractivity contribution in [2.45, 2.75) is 19.8 Å². The van der Waals surface area contributed by atoms with Crippen molar-refractivity contribution in [2.24, 2.45) is 0 Å². The summed E-state index contributed by atoms with van der Waals surface area (Å²) in [5.41, 5.74) is 0. The number of rotatable bonds is 5. The van der Waals surface area contributed by atoms with Crippen LogP contribution in [0.4, 0.5) is 5.13 Å². The van der Waals surface area contributed by atoms with Crippen molar-refractivity contribution in [1.82, 2.24) is 15.1 Å². The number of anilines is 1. The Labute approximate surface area is 128 Å². The van der Waals surface area contributed by atoms with E-state index in [0.717, 1.165) is 9.75 Å². The Balaban J connectivity index is 1.54. The average molecular weight is 320 g/mol. The zero-order valence-electron chi connectivity index (χ0n) is 11.2. The number of carbonyl (C=O) groups is 1. The fraction of sp³-hybridized carbons (Fsp3) is 0.231. The molecule has 3 aromatic heterocycles. The summed E-state index contributed by atoms with van der Waals surface area (Å²) in [5, 5.41) is 9.22.